The van der Waals surface area contributed by atoms with Gasteiger partial charge in [-0.05, 0) is 15.9 Å². The average molecular weight is 190 g/mol. The van der Waals surface area contributed by atoms with Crippen molar-refractivity contribution in [2.75, 3.05) is 0 Å². The Morgan fingerprint density at radius 1 is 1.89 bits per heavy atom. The van der Waals surface area contributed by atoms with Crippen LogP contribution in [0.2, 0.25) is 0 Å². The Morgan fingerprint density at radius 2 is 2.56 bits per heavy atom. The maximum atomic E-state index is 10.3. The molecule has 0 aromatic carbocycles. The van der Waals surface area contributed by atoms with Crippen molar-refractivity contribution in [1.29, 1.82) is 0 Å². The summed E-state index contributed by atoms with van der Waals surface area (Å²) in [6.45, 7) is 0. The minimum absolute atomic E-state index is 0.583. The topological polar surface area (TPSA) is 60.9 Å². The van der Waals surface area contributed by atoms with Crippen LogP contribution in [0.15, 0.2) is 16.9 Å². The second kappa shape index (κ2) is 2.18. The second-order valence-electron chi connectivity index (χ2n) is 1.44. The number of primary amides is 1. The molecule has 0 aliphatic rings. The van der Waals surface area contributed by atoms with Gasteiger partial charge in [0, 0.05) is 6.20 Å². The van der Waals surface area contributed by atoms with E-state index in [0.717, 1.165) is 9.15 Å². The van der Waals surface area contributed by atoms with Crippen molar-refractivity contribution in [2.24, 2.45) is 5.73 Å². The van der Waals surface area contributed by atoms with Gasteiger partial charge < -0.3 is 5.73 Å². The largest absolute Gasteiger partial charge is 0.350 e. The van der Waals surface area contributed by atoms with E-state index in [1.807, 2.05) is 0 Å². The summed E-state index contributed by atoms with van der Waals surface area (Å²) < 4.78 is 1.78. The normalized spacial score (nSPS) is 9.44. The smallest absolute Gasteiger partial charge is 0.339 e. The molecule has 0 aliphatic carbocycles. The van der Waals surface area contributed by atoms with Crippen molar-refractivity contribution in [1.82, 2.24) is 9.78 Å². The monoisotopic (exact) mass is 189 g/mol. The number of carbonyl (C=O) groups is 1. The van der Waals surface area contributed by atoms with Crippen LogP contribution in [0.5, 0.6) is 0 Å². The fourth-order valence-corrected chi connectivity index (χ4v) is 0.707. The highest BCUT2D eigenvalue weighted by molar-refractivity contribution is 9.10. The number of aromatic nitrogens is 2. The highest BCUT2D eigenvalue weighted by Crippen LogP contribution is 2.04. The third-order valence-electron chi connectivity index (χ3n) is 0.777. The van der Waals surface area contributed by atoms with Crippen molar-refractivity contribution in [3.05, 3.63) is 16.9 Å². The van der Waals surface area contributed by atoms with Gasteiger partial charge in [0.05, 0.1) is 10.7 Å². The van der Waals surface area contributed by atoms with Crippen molar-refractivity contribution >= 4 is 22.0 Å². The first kappa shape index (κ1) is 6.28. The first-order valence-corrected chi connectivity index (χ1v) is 2.99. The third-order valence-corrected chi connectivity index (χ3v) is 1.19. The predicted molar refractivity (Wildman–Crippen MR) is 34.9 cm³/mol. The molecule has 0 fully saturated rings. The van der Waals surface area contributed by atoms with Crippen molar-refractivity contribution < 1.29 is 4.79 Å². The van der Waals surface area contributed by atoms with Gasteiger partial charge in [0.15, 0.2) is 0 Å². The van der Waals surface area contributed by atoms with Crippen LogP contribution in [0, 0.1) is 0 Å². The first-order chi connectivity index (χ1) is 4.20. The summed E-state index contributed by atoms with van der Waals surface area (Å²) in [6.07, 6.45) is 2.98. The maximum Gasteiger partial charge on any atom is 0.339 e. The van der Waals surface area contributed by atoms with Crippen LogP contribution in [0.25, 0.3) is 0 Å². The summed E-state index contributed by atoms with van der Waals surface area (Å²) in [6, 6.07) is -0.583. The first-order valence-electron chi connectivity index (χ1n) is 2.20. The summed E-state index contributed by atoms with van der Waals surface area (Å²) in [4.78, 5) is 10.3. The molecule has 0 spiro atoms. The molecule has 9 heavy (non-hydrogen) atoms. The van der Waals surface area contributed by atoms with E-state index in [9.17, 15) is 4.79 Å². The van der Waals surface area contributed by atoms with E-state index in [-0.39, 0.29) is 0 Å². The van der Waals surface area contributed by atoms with Crippen molar-refractivity contribution in [2.45, 2.75) is 0 Å². The molecule has 0 radical (unpaired) electrons. The van der Waals surface area contributed by atoms with Gasteiger partial charge in [-0.15, -0.1) is 0 Å². The van der Waals surface area contributed by atoms with Gasteiger partial charge in [-0.1, -0.05) is 0 Å². The van der Waals surface area contributed by atoms with E-state index >= 15 is 0 Å². The van der Waals surface area contributed by atoms with E-state index in [2.05, 4.69) is 21.0 Å². The molecule has 0 atom stereocenters. The van der Waals surface area contributed by atoms with Gasteiger partial charge >= 0.3 is 6.03 Å². The van der Waals surface area contributed by atoms with Gasteiger partial charge in [0.1, 0.15) is 0 Å². The number of hydrogen-bond donors (Lipinski definition) is 1. The highest BCUT2D eigenvalue weighted by Gasteiger charge is 1.97. The number of carbonyl (C=O) groups excluding carboxylic acids is 1. The summed E-state index contributed by atoms with van der Waals surface area (Å²) in [5, 5.41) is 3.61. The van der Waals surface area contributed by atoms with Gasteiger partial charge in [0.25, 0.3) is 0 Å². The van der Waals surface area contributed by atoms with Crippen LogP contribution in [0.4, 0.5) is 4.79 Å². The zero-order valence-corrected chi connectivity index (χ0v) is 6.00. The Balaban J connectivity index is 2.98. The molecule has 5 heteroatoms. The minimum atomic E-state index is -0.583. The summed E-state index contributed by atoms with van der Waals surface area (Å²) in [7, 11) is 0. The summed E-state index contributed by atoms with van der Waals surface area (Å²) in [5.41, 5.74) is 4.87. The van der Waals surface area contributed by atoms with Gasteiger partial charge in [-0.25, -0.2) is 4.79 Å². The Morgan fingerprint density at radius 3 is 2.78 bits per heavy atom. The molecule has 0 aliphatic heterocycles. The van der Waals surface area contributed by atoms with E-state index in [1.165, 1.54) is 12.4 Å². The molecular formula is C4H4BrN3O. The van der Waals surface area contributed by atoms with Crippen LogP contribution in [-0.2, 0) is 0 Å². The van der Waals surface area contributed by atoms with Crippen LogP contribution < -0.4 is 5.73 Å². The molecule has 1 heterocycles. The van der Waals surface area contributed by atoms with Crippen molar-refractivity contribution in [3.8, 4) is 0 Å². The Hall–Kier alpha value is -0.840. The van der Waals surface area contributed by atoms with Crippen LogP contribution in [0.1, 0.15) is 0 Å². The summed E-state index contributed by atoms with van der Waals surface area (Å²) >= 11 is 3.11. The van der Waals surface area contributed by atoms with Crippen LogP contribution in [-0.4, -0.2) is 15.8 Å². The average Bonchev–Trinajstić information content (AvgIpc) is 2.14. The fraction of sp³-hybridized carbons (Fsp3) is 0. The second-order valence-corrected chi connectivity index (χ2v) is 2.36. The van der Waals surface area contributed by atoms with E-state index < -0.39 is 6.03 Å². The number of rotatable bonds is 0. The molecular weight excluding hydrogens is 186 g/mol. The molecule has 4 nitrogen and oxygen atoms in total. The molecule has 1 aromatic rings. The summed E-state index contributed by atoms with van der Waals surface area (Å²) in [5.74, 6) is 0. The molecule has 1 aromatic heterocycles. The maximum absolute atomic E-state index is 10.3. The van der Waals surface area contributed by atoms with Crippen LogP contribution in [0.3, 0.4) is 0 Å². The lowest BCUT2D eigenvalue weighted by Crippen LogP contribution is -2.19. The Kier molecular flexibility index (Phi) is 1.52. The molecule has 0 saturated carbocycles. The third kappa shape index (κ3) is 1.29. The molecule has 1 amide bonds. The quantitative estimate of drug-likeness (QED) is 0.649. The molecule has 0 saturated heterocycles. The number of nitrogens with two attached hydrogens (primary N) is 1. The van der Waals surface area contributed by atoms with E-state index in [4.69, 9.17) is 5.73 Å². The Bertz CT molecular complexity index is 231. The van der Waals surface area contributed by atoms with Gasteiger partial charge in [-0.2, -0.15) is 9.78 Å². The highest BCUT2D eigenvalue weighted by atomic mass is 79.9. The number of hydrogen-bond acceptors (Lipinski definition) is 2. The van der Waals surface area contributed by atoms with Gasteiger partial charge in [-0.3, -0.25) is 0 Å². The SMILES string of the molecule is NC(=O)n1cc(Br)cn1. The molecule has 48 valence electrons. The fourth-order valence-electron chi connectivity index (χ4n) is 0.421. The standard InChI is InChI=1S/C4H4BrN3O/c5-3-1-7-8(2-3)4(6)9/h1-2H,(H2,6,9). The lowest BCUT2D eigenvalue weighted by atomic mass is 10.7. The molecule has 0 unspecified atom stereocenters. The Labute approximate surface area is 59.8 Å². The van der Waals surface area contributed by atoms with Crippen LogP contribution >= 0.6 is 15.9 Å². The minimum Gasteiger partial charge on any atom is -0.350 e. The molecule has 1 rings (SSSR count). The van der Waals surface area contributed by atoms with E-state index in [1.54, 1.807) is 0 Å². The molecule has 0 bridgehead atoms. The molecule has 2 N–H and O–H groups in total. The van der Waals surface area contributed by atoms with E-state index in [0.29, 0.717) is 0 Å². The zero-order valence-electron chi connectivity index (χ0n) is 4.41. The van der Waals surface area contributed by atoms with Crippen molar-refractivity contribution in [3.63, 3.8) is 0 Å². The van der Waals surface area contributed by atoms with Gasteiger partial charge in [0.2, 0.25) is 0 Å². The number of nitrogens with zero attached hydrogens (tertiary/aromatic N) is 2. The predicted octanol–water partition coefficient (Wildman–Crippen LogP) is 0.572. The zero-order chi connectivity index (χ0) is 6.85. The number of amides is 1. The lowest BCUT2D eigenvalue weighted by molar-refractivity contribution is 0.247. The number of halogens is 1. The lowest BCUT2D eigenvalue weighted by Gasteiger charge is -1.87.